The molecule has 1 heterocycles. The Labute approximate surface area is 144 Å². The summed E-state index contributed by atoms with van der Waals surface area (Å²) in [7, 11) is 0. The van der Waals surface area contributed by atoms with Crippen LogP contribution in [0.1, 0.15) is 62.4 Å². The molecule has 1 amide bonds. The summed E-state index contributed by atoms with van der Waals surface area (Å²) in [4.78, 5) is 27.4. The van der Waals surface area contributed by atoms with Crippen LogP contribution in [-0.4, -0.2) is 35.0 Å². The van der Waals surface area contributed by atoms with Gasteiger partial charge in [-0.25, -0.2) is 4.79 Å². The second-order valence-electron chi connectivity index (χ2n) is 7.92. The Morgan fingerprint density at radius 2 is 1.92 bits per heavy atom. The third kappa shape index (κ3) is 3.47. The number of nitrogens with zero attached hydrogens (tertiary/aromatic N) is 1. The van der Waals surface area contributed by atoms with Crippen molar-refractivity contribution in [2.24, 2.45) is 5.92 Å². The minimum Gasteiger partial charge on any atom is -0.444 e. The Balaban J connectivity index is 1.84. The molecule has 0 bridgehead atoms. The minimum atomic E-state index is -0.517. The van der Waals surface area contributed by atoms with E-state index in [9.17, 15) is 9.59 Å². The van der Waals surface area contributed by atoms with Crippen molar-refractivity contribution >= 4 is 11.9 Å². The summed E-state index contributed by atoms with van der Waals surface area (Å²) in [6.07, 6.45) is 4.47. The number of ether oxygens (including phenoxy) is 1. The molecule has 1 aromatic carbocycles. The van der Waals surface area contributed by atoms with Crippen LogP contribution in [0.4, 0.5) is 4.79 Å². The van der Waals surface area contributed by atoms with Crippen molar-refractivity contribution in [1.82, 2.24) is 4.90 Å². The molecule has 130 valence electrons. The molecule has 1 aliphatic carbocycles. The zero-order chi connectivity index (χ0) is 17.3. The van der Waals surface area contributed by atoms with Crippen LogP contribution in [0.15, 0.2) is 24.3 Å². The molecule has 24 heavy (non-hydrogen) atoms. The molecule has 0 saturated carbocycles. The lowest BCUT2D eigenvalue weighted by molar-refractivity contribution is 0.0112. The lowest BCUT2D eigenvalue weighted by Crippen LogP contribution is -2.47. The van der Waals surface area contributed by atoms with Crippen LogP contribution < -0.4 is 0 Å². The van der Waals surface area contributed by atoms with Gasteiger partial charge in [0.1, 0.15) is 5.60 Å². The van der Waals surface area contributed by atoms with E-state index < -0.39 is 5.60 Å². The van der Waals surface area contributed by atoms with Crippen LogP contribution in [-0.2, 0) is 11.2 Å². The predicted molar refractivity (Wildman–Crippen MR) is 93.2 cm³/mol. The molecule has 4 nitrogen and oxygen atoms in total. The molecule has 0 N–H and O–H groups in total. The molecule has 1 fully saturated rings. The van der Waals surface area contributed by atoms with Crippen molar-refractivity contribution in [3.63, 3.8) is 0 Å². The first-order valence-corrected chi connectivity index (χ1v) is 8.98. The summed E-state index contributed by atoms with van der Waals surface area (Å²) in [5.41, 5.74) is 1.42. The smallest absolute Gasteiger partial charge is 0.410 e. The van der Waals surface area contributed by atoms with Gasteiger partial charge in [0.25, 0.3) is 0 Å². The van der Waals surface area contributed by atoms with E-state index in [0.717, 1.165) is 43.2 Å². The lowest BCUT2D eigenvalue weighted by Gasteiger charge is -2.35. The van der Waals surface area contributed by atoms with Crippen molar-refractivity contribution < 1.29 is 14.3 Å². The number of likely N-dealkylation sites (tertiary alicyclic amines) is 1. The maximum Gasteiger partial charge on any atom is 0.410 e. The maximum absolute atomic E-state index is 12.9. The number of ketones is 1. The molecule has 0 radical (unpaired) electrons. The molecular weight excluding hydrogens is 302 g/mol. The quantitative estimate of drug-likeness (QED) is 0.775. The van der Waals surface area contributed by atoms with Crippen molar-refractivity contribution in [2.45, 2.75) is 64.5 Å². The largest absolute Gasteiger partial charge is 0.444 e. The Morgan fingerprint density at radius 3 is 2.62 bits per heavy atom. The third-order valence-corrected chi connectivity index (χ3v) is 4.95. The van der Waals surface area contributed by atoms with Gasteiger partial charge in [-0.3, -0.25) is 4.79 Å². The summed E-state index contributed by atoms with van der Waals surface area (Å²) >= 11 is 0. The highest BCUT2D eigenvalue weighted by Crippen LogP contribution is 2.34. The molecule has 1 aliphatic heterocycles. The predicted octanol–water partition coefficient (Wildman–Crippen LogP) is 4.22. The van der Waals surface area contributed by atoms with Crippen molar-refractivity contribution in [3.8, 4) is 0 Å². The van der Waals surface area contributed by atoms with Gasteiger partial charge >= 0.3 is 6.09 Å². The number of rotatable bonds is 1. The van der Waals surface area contributed by atoms with Crippen LogP contribution in [0.25, 0.3) is 0 Å². The summed E-state index contributed by atoms with van der Waals surface area (Å²) in [6, 6.07) is 7.78. The van der Waals surface area contributed by atoms with Gasteiger partial charge in [0.15, 0.2) is 5.78 Å². The van der Waals surface area contributed by atoms with E-state index in [1.54, 1.807) is 0 Å². The highest BCUT2D eigenvalue weighted by Gasteiger charge is 2.41. The average molecular weight is 329 g/mol. The van der Waals surface area contributed by atoms with Crippen LogP contribution >= 0.6 is 0 Å². The van der Waals surface area contributed by atoms with E-state index in [4.69, 9.17) is 4.74 Å². The summed E-state index contributed by atoms with van der Waals surface area (Å²) in [5.74, 6) is 0.0547. The second-order valence-corrected chi connectivity index (χ2v) is 7.92. The normalized spacial score (nSPS) is 24.5. The first-order valence-electron chi connectivity index (χ1n) is 8.98. The summed E-state index contributed by atoms with van der Waals surface area (Å²) < 4.78 is 5.61. The Morgan fingerprint density at radius 1 is 1.17 bits per heavy atom. The Bertz CT molecular complexity index is 632. The number of Topliss-reactive ketones (excluding diaryl/α,β-unsaturated/α-hetero) is 1. The van der Waals surface area contributed by atoms with Crippen molar-refractivity contribution in [2.75, 3.05) is 6.54 Å². The molecule has 1 aromatic rings. The van der Waals surface area contributed by atoms with Crippen LogP contribution in [0.5, 0.6) is 0 Å². The van der Waals surface area contributed by atoms with Gasteiger partial charge in [-0.2, -0.15) is 0 Å². The first-order chi connectivity index (χ1) is 11.4. The molecule has 0 spiro atoms. The second kappa shape index (κ2) is 6.58. The highest BCUT2D eigenvalue weighted by atomic mass is 16.6. The summed E-state index contributed by atoms with van der Waals surface area (Å²) in [6.45, 7) is 6.33. The number of carbonyl (C=O) groups is 2. The molecule has 3 rings (SSSR count). The van der Waals surface area contributed by atoms with Crippen molar-refractivity contribution in [1.29, 1.82) is 0 Å². The van der Waals surface area contributed by atoms with E-state index in [1.165, 1.54) is 0 Å². The Hall–Kier alpha value is -1.84. The summed E-state index contributed by atoms with van der Waals surface area (Å²) in [5, 5.41) is 0. The van der Waals surface area contributed by atoms with Gasteiger partial charge in [0.05, 0.1) is 0 Å². The molecule has 1 saturated heterocycles. The van der Waals surface area contributed by atoms with Gasteiger partial charge in [-0.1, -0.05) is 37.1 Å². The molecule has 2 aliphatic rings. The van der Waals surface area contributed by atoms with Crippen LogP contribution in [0.3, 0.4) is 0 Å². The third-order valence-electron chi connectivity index (χ3n) is 4.95. The molecular formula is C20H27NO3. The number of hydrogen-bond acceptors (Lipinski definition) is 3. The van der Waals surface area contributed by atoms with Gasteiger partial charge in [-0.15, -0.1) is 0 Å². The fourth-order valence-corrected chi connectivity index (χ4v) is 3.88. The molecule has 4 heteroatoms. The maximum atomic E-state index is 12.9. The molecule has 2 atom stereocenters. The van der Waals surface area contributed by atoms with E-state index in [1.807, 2.05) is 49.9 Å². The number of fused-ring (bicyclic) bond motifs is 1. The van der Waals surface area contributed by atoms with E-state index >= 15 is 0 Å². The van der Waals surface area contributed by atoms with Gasteiger partial charge < -0.3 is 9.64 Å². The number of carbonyl (C=O) groups excluding carboxylic acids is 2. The van der Waals surface area contributed by atoms with Crippen LogP contribution in [0.2, 0.25) is 0 Å². The zero-order valence-electron chi connectivity index (χ0n) is 14.9. The number of amides is 1. The average Bonchev–Trinajstić information content (AvgIpc) is 2.70. The number of hydrogen-bond donors (Lipinski definition) is 0. The van der Waals surface area contributed by atoms with Gasteiger partial charge in [-0.05, 0) is 45.6 Å². The van der Waals surface area contributed by atoms with Gasteiger partial charge in [0.2, 0.25) is 0 Å². The van der Waals surface area contributed by atoms with Gasteiger partial charge in [0, 0.05) is 24.1 Å². The minimum absolute atomic E-state index is 0.0535. The van der Waals surface area contributed by atoms with Crippen molar-refractivity contribution in [3.05, 3.63) is 35.4 Å². The molecule has 0 unspecified atom stereocenters. The Kier molecular flexibility index (Phi) is 4.66. The van der Waals surface area contributed by atoms with E-state index in [2.05, 4.69) is 0 Å². The fourth-order valence-electron chi connectivity index (χ4n) is 3.88. The number of benzene rings is 1. The first kappa shape index (κ1) is 17.0. The van der Waals surface area contributed by atoms with Crippen LogP contribution in [0, 0.1) is 5.92 Å². The van der Waals surface area contributed by atoms with E-state index in [0.29, 0.717) is 6.54 Å². The zero-order valence-corrected chi connectivity index (χ0v) is 14.9. The fraction of sp³-hybridized carbons (Fsp3) is 0.600. The lowest BCUT2D eigenvalue weighted by atomic mass is 9.91. The topological polar surface area (TPSA) is 46.6 Å². The SMILES string of the molecule is CC(C)(C)OC(=O)N1CCCCC[C@@H]1[C@@H]1Cc2ccccc2C1=O. The highest BCUT2D eigenvalue weighted by molar-refractivity contribution is 6.02. The molecule has 0 aromatic heterocycles. The monoisotopic (exact) mass is 329 g/mol. The van der Waals surface area contributed by atoms with E-state index in [-0.39, 0.29) is 23.8 Å². The standard InChI is InChI=1S/C20H27NO3/c1-20(2,3)24-19(23)21-12-8-4-5-11-17(21)16-13-14-9-6-7-10-15(14)18(16)22/h6-7,9-10,16-17H,4-5,8,11-13H2,1-3H3/t16-,17+/m0/s1.